The number of carbonyl (C=O) groups excluding carboxylic acids is 3. The van der Waals surface area contributed by atoms with Gasteiger partial charge < -0.3 is 10.1 Å². The highest BCUT2D eigenvalue weighted by Gasteiger charge is 2.12. The van der Waals surface area contributed by atoms with Crippen LogP contribution in [0.25, 0.3) is 5.69 Å². The molecular formula is C21H19N3O4. The molecule has 3 rings (SSSR count). The summed E-state index contributed by atoms with van der Waals surface area (Å²) in [6, 6.07) is 15.0. The Bertz CT molecular complexity index is 962. The van der Waals surface area contributed by atoms with Crippen LogP contribution in [-0.4, -0.2) is 34.0 Å². The fourth-order valence-corrected chi connectivity index (χ4v) is 2.46. The van der Waals surface area contributed by atoms with Crippen molar-refractivity contribution in [2.75, 3.05) is 11.9 Å². The van der Waals surface area contributed by atoms with E-state index >= 15 is 0 Å². The second-order valence-corrected chi connectivity index (χ2v) is 5.98. The van der Waals surface area contributed by atoms with Crippen molar-refractivity contribution in [3.63, 3.8) is 0 Å². The Hall–Kier alpha value is -3.74. The summed E-state index contributed by atoms with van der Waals surface area (Å²) in [5.41, 5.74) is 2.17. The molecule has 3 aromatic rings. The fraction of sp³-hybridized carbons (Fsp3) is 0.143. The lowest BCUT2D eigenvalue weighted by Crippen LogP contribution is -2.14. The number of rotatable bonds is 7. The molecule has 0 unspecified atom stereocenters. The molecule has 0 atom stereocenters. The SMILES string of the molecule is CCC(=O)Nc1ccc(C(=O)COC(=O)c2ccc(-n3cccn3)cc2)cc1. The van der Waals surface area contributed by atoms with Gasteiger partial charge in [0.25, 0.3) is 0 Å². The third kappa shape index (κ3) is 4.70. The average molecular weight is 377 g/mol. The Kier molecular flexibility index (Phi) is 5.96. The smallest absolute Gasteiger partial charge is 0.338 e. The van der Waals surface area contributed by atoms with Crippen LogP contribution in [0.15, 0.2) is 67.0 Å². The second-order valence-electron chi connectivity index (χ2n) is 5.98. The zero-order valence-electron chi connectivity index (χ0n) is 15.3. The van der Waals surface area contributed by atoms with Gasteiger partial charge in [0.05, 0.1) is 11.3 Å². The fourth-order valence-electron chi connectivity index (χ4n) is 2.46. The minimum absolute atomic E-state index is 0.105. The number of hydrogen-bond donors (Lipinski definition) is 1. The minimum atomic E-state index is -0.577. The van der Waals surface area contributed by atoms with Crippen LogP contribution >= 0.6 is 0 Å². The highest BCUT2D eigenvalue weighted by atomic mass is 16.5. The van der Waals surface area contributed by atoms with Gasteiger partial charge in [-0.25, -0.2) is 9.48 Å². The zero-order valence-corrected chi connectivity index (χ0v) is 15.3. The van der Waals surface area contributed by atoms with E-state index in [1.54, 1.807) is 78.6 Å². The molecule has 0 aliphatic rings. The van der Waals surface area contributed by atoms with Gasteiger partial charge in [-0.05, 0) is 54.6 Å². The lowest BCUT2D eigenvalue weighted by molar-refractivity contribution is -0.115. The van der Waals surface area contributed by atoms with Crippen molar-refractivity contribution in [3.05, 3.63) is 78.1 Å². The number of nitrogens with one attached hydrogen (secondary N) is 1. The van der Waals surface area contributed by atoms with Crippen LogP contribution in [0.1, 0.15) is 34.1 Å². The molecule has 1 amide bonds. The van der Waals surface area contributed by atoms with Crippen LogP contribution in [-0.2, 0) is 9.53 Å². The van der Waals surface area contributed by atoms with Gasteiger partial charge in [0.2, 0.25) is 5.91 Å². The number of amides is 1. The van der Waals surface area contributed by atoms with E-state index in [4.69, 9.17) is 4.74 Å². The number of benzene rings is 2. The van der Waals surface area contributed by atoms with Crippen LogP contribution in [0.4, 0.5) is 5.69 Å². The first-order valence-electron chi connectivity index (χ1n) is 8.77. The molecule has 0 aliphatic carbocycles. The van der Waals surface area contributed by atoms with Crippen molar-refractivity contribution in [1.29, 1.82) is 0 Å². The third-order valence-electron chi connectivity index (χ3n) is 4.02. The molecule has 1 aromatic heterocycles. The van der Waals surface area contributed by atoms with E-state index in [2.05, 4.69) is 10.4 Å². The van der Waals surface area contributed by atoms with Gasteiger partial charge in [-0.1, -0.05) is 6.92 Å². The summed E-state index contributed by atoms with van der Waals surface area (Å²) in [7, 11) is 0. The van der Waals surface area contributed by atoms with Gasteiger partial charge in [-0.3, -0.25) is 9.59 Å². The Morgan fingerprint density at radius 2 is 1.68 bits per heavy atom. The maximum absolute atomic E-state index is 12.2. The lowest BCUT2D eigenvalue weighted by Gasteiger charge is -2.07. The maximum atomic E-state index is 12.2. The van der Waals surface area contributed by atoms with Crippen LogP contribution in [0.2, 0.25) is 0 Å². The number of ether oxygens (including phenoxy) is 1. The van der Waals surface area contributed by atoms with E-state index in [-0.39, 0.29) is 18.3 Å². The molecular weight excluding hydrogens is 358 g/mol. The summed E-state index contributed by atoms with van der Waals surface area (Å²) in [6.45, 7) is 1.40. The number of anilines is 1. The molecule has 0 aliphatic heterocycles. The first-order chi connectivity index (χ1) is 13.6. The standard InChI is InChI=1S/C21H19N3O4/c1-2-20(26)23-17-8-4-15(5-9-17)19(25)14-28-21(27)16-6-10-18(11-7-16)24-13-3-12-22-24/h3-13H,2,14H2,1H3,(H,23,26). The van der Waals surface area contributed by atoms with Crippen LogP contribution in [0.5, 0.6) is 0 Å². The molecule has 0 saturated carbocycles. The van der Waals surface area contributed by atoms with E-state index < -0.39 is 5.97 Å². The highest BCUT2D eigenvalue weighted by Crippen LogP contribution is 2.12. The molecule has 0 saturated heterocycles. The molecule has 0 fully saturated rings. The van der Waals surface area contributed by atoms with Crippen molar-refractivity contribution in [1.82, 2.24) is 9.78 Å². The van der Waals surface area contributed by atoms with Crippen molar-refractivity contribution >= 4 is 23.3 Å². The molecule has 0 radical (unpaired) electrons. The van der Waals surface area contributed by atoms with Crippen molar-refractivity contribution in [2.24, 2.45) is 0 Å². The first kappa shape index (κ1) is 19.0. The summed E-state index contributed by atoms with van der Waals surface area (Å²) >= 11 is 0. The van der Waals surface area contributed by atoms with Crippen LogP contribution in [0, 0.1) is 0 Å². The van der Waals surface area contributed by atoms with Gasteiger partial charge in [0.1, 0.15) is 0 Å². The topological polar surface area (TPSA) is 90.3 Å². The van der Waals surface area contributed by atoms with Gasteiger partial charge in [-0.2, -0.15) is 5.10 Å². The Balaban J connectivity index is 1.55. The average Bonchev–Trinajstić information content (AvgIpc) is 3.27. The van der Waals surface area contributed by atoms with Crippen LogP contribution in [0.3, 0.4) is 0 Å². The summed E-state index contributed by atoms with van der Waals surface area (Å²) in [5, 5.41) is 6.82. The number of aromatic nitrogens is 2. The lowest BCUT2D eigenvalue weighted by atomic mass is 10.1. The molecule has 7 nitrogen and oxygen atoms in total. The predicted molar refractivity (Wildman–Crippen MR) is 104 cm³/mol. The summed E-state index contributed by atoms with van der Waals surface area (Å²) < 4.78 is 6.78. The number of carbonyl (C=O) groups is 3. The molecule has 1 N–H and O–H groups in total. The number of ketones is 1. The van der Waals surface area contributed by atoms with Crippen molar-refractivity contribution in [3.8, 4) is 5.69 Å². The van der Waals surface area contributed by atoms with Crippen molar-refractivity contribution in [2.45, 2.75) is 13.3 Å². The van der Waals surface area contributed by atoms with Crippen LogP contribution < -0.4 is 5.32 Å². The highest BCUT2D eigenvalue weighted by molar-refractivity contribution is 6.00. The normalized spacial score (nSPS) is 10.3. The molecule has 142 valence electrons. The Morgan fingerprint density at radius 3 is 2.29 bits per heavy atom. The zero-order chi connectivity index (χ0) is 19.9. The summed E-state index contributed by atoms with van der Waals surface area (Å²) in [4.78, 5) is 35.7. The van der Waals surface area contributed by atoms with E-state index in [1.165, 1.54) is 0 Å². The molecule has 0 spiro atoms. The minimum Gasteiger partial charge on any atom is -0.454 e. The van der Waals surface area contributed by atoms with E-state index in [9.17, 15) is 14.4 Å². The molecule has 0 bridgehead atoms. The van der Waals surface area contributed by atoms with E-state index in [1.807, 2.05) is 0 Å². The Morgan fingerprint density at radius 1 is 1.00 bits per heavy atom. The van der Waals surface area contributed by atoms with E-state index in [0.29, 0.717) is 23.2 Å². The molecule has 1 heterocycles. The van der Waals surface area contributed by atoms with Gasteiger partial charge in [-0.15, -0.1) is 0 Å². The van der Waals surface area contributed by atoms with Gasteiger partial charge >= 0.3 is 5.97 Å². The first-order valence-corrected chi connectivity index (χ1v) is 8.77. The molecule has 2 aromatic carbocycles. The van der Waals surface area contributed by atoms with Crippen molar-refractivity contribution < 1.29 is 19.1 Å². The number of esters is 1. The number of Topliss-reactive ketones (excluding diaryl/α,β-unsaturated/α-hetero) is 1. The Labute approximate surface area is 161 Å². The van der Waals surface area contributed by atoms with E-state index in [0.717, 1.165) is 5.69 Å². The molecule has 7 heteroatoms. The summed E-state index contributed by atoms with van der Waals surface area (Å²) in [5.74, 6) is -1.01. The monoisotopic (exact) mass is 377 g/mol. The summed E-state index contributed by atoms with van der Waals surface area (Å²) in [6.07, 6.45) is 3.84. The van der Waals surface area contributed by atoms with Gasteiger partial charge in [0, 0.05) is 30.1 Å². The maximum Gasteiger partial charge on any atom is 0.338 e. The second kappa shape index (κ2) is 8.77. The quantitative estimate of drug-likeness (QED) is 0.504. The largest absolute Gasteiger partial charge is 0.454 e. The molecule has 28 heavy (non-hydrogen) atoms. The predicted octanol–water partition coefficient (Wildman–Crippen LogP) is 3.26. The van der Waals surface area contributed by atoms with Gasteiger partial charge in [0.15, 0.2) is 12.4 Å². The third-order valence-corrected chi connectivity index (χ3v) is 4.02. The number of nitrogens with zero attached hydrogens (tertiary/aromatic N) is 2. The number of hydrogen-bond acceptors (Lipinski definition) is 5.